The van der Waals surface area contributed by atoms with Gasteiger partial charge in [0.25, 0.3) is 11.6 Å². The van der Waals surface area contributed by atoms with E-state index in [0.29, 0.717) is 16.3 Å². The fraction of sp³-hybridized carbons (Fsp3) is 0.130. The molecule has 0 aromatic heterocycles. The number of Topliss-reactive ketones (excluding diaryl/α,β-unsaturated/α-hetero) is 1. The van der Waals surface area contributed by atoms with Crippen molar-refractivity contribution in [3.8, 4) is 0 Å². The van der Waals surface area contributed by atoms with Crippen LogP contribution in [0, 0.1) is 10.1 Å². The zero-order chi connectivity index (χ0) is 23.0. The fourth-order valence-corrected chi connectivity index (χ4v) is 4.14. The lowest BCUT2D eigenvalue weighted by Crippen LogP contribution is -2.41. The van der Waals surface area contributed by atoms with Crippen LogP contribution in [0.1, 0.15) is 27.9 Å². The van der Waals surface area contributed by atoms with Crippen molar-refractivity contribution in [2.45, 2.75) is 18.6 Å². The number of fused-ring (bicyclic) bond motifs is 1. The van der Waals surface area contributed by atoms with Gasteiger partial charge in [-0.3, -0.25) is 19.7 Å². The number of carbonyl (C=O) groups excluding carboxylic acids is 2. The van der Waals surface area contributed by atoms with Gasteiger partial charge in [-0.15, -0.1) is 0 Å². The molecule has 1 N–H and O–H groups in total. The van der Waals surface area contributed by atoms with Crippen molar-refractivity contribution in [1.29, 1.82) is 0 Å². The van der Waals surface area contributed by atoms with Crippen molar-refractivity contribution in [3.63, 3.8) is 0 Å². The van der Waals surface area contributed by atoms with E-state index in [1.165, 1.54) is 29.2 Å². The maximum atomic E-state index is 13.4. The van der Waals surface area contributed by atoms with Gasteiger partial charge >= 0.3 is 0 Å². The van der Waals surface area contributed by atoms with Gasteiger partial charge in [-0.05, 0) is 29.8 Å². The molecule has 0 aliphatic carbocycles. The summed E-state index contributed by atoms with van der Waals surface area (Å²) in [5, 5.41) is 23.2. The lowest BCUT2D eigenvalue weighted by atomic mass is 9.88. The van der Waals surface area contributed by atoms with E-state index in [0.717, 1.165) is 6.07 Å². The number of nitrogens with zero attached hydrogens (tertiary/aromatic N) is 2. The quantitative estimate of drug-likeness (QED) is 0.313. The van der Waals surface area contributed by atoms with Crippen molar-refractivity contribution in [1.82, 2.24) is 0 Å². The van der Waals surface area contributed by atoms with Crippen LogP contribution in [-0.2, 0) is 16.9 Å². The molecule has 0 radical (unpaired) electrons. The predicted molar refractivity (Wildman–Crippen MR) is 120 cm³/mol. The number of carbonyl (C=O) groups is 2. The SMILES string of the molecule is O=C(C[C@@]1(O)C(=O)N(Cc2ccccc2Cl)c2ccc(Cl)cc21)c1cccc([N+](=O)[O-])c1. The number of ketones is 1. The predicted octanol–water partition coefficient (Wildman–Crippen LogP) is 4.91. The normalized spacial score (nSPS) is 17.3. The maximum Gasteiger partial charge on any atom is 0.270 e. The summed E-state index contributed by atoms with van der Waals surface area (Å²) < 4.78 is 0. The summed E-state index contributed by atoms with van der Waals surface area (Å²) in [4.78, 5) is 38.1. The van der Waals surface area contributed by atoms with Gasteiger partial charge in [0.05, 0.1) is 23.6 Å². The fourth-order valence-electron chi connectivity index (χ4n) is 3.77. The molecule has 1 aliphatic rings. The lowest BCUT2D eigenvalue weighted by Gasteiger charge is -2.23. The van der Waals surface area contributed by atoms with E-state index in [1.807, 2.05) is 0 Å². The number of hydrogen-bond donors (Lipinski definition) is 1. The number of anilines is 1. The maximum absolute atomic E-state index is 13.4. The van der Waals surface area contributed by atoms with Gasteiger partial charge in [-0.2, -0.15) is 0 Å². The second-order valence-corrected chi connectivity index (χ2v) is 8.26. The van der Waals surface area contributed by atoms with Crippen LogP contribution >= 0.6 is 23.2 Å². The Morgan fingerprint density at radius 1 is 1.06 bits per heavy atom. The number of nitro benzene ring substituents is 1. The Labute approximate surface area is 193 Å². The number of aliphatic hydroxyl groups is 1. The van der Waals surface area contributed by atoms with Gasteiger partial charge < -0.3 is 10.0 Å². The minimum atomic E-state index is -2.18. The number of hydrogen-bond acceptors (Lipinski definition) is 5. The van der Waals surface area contributed by atoms with Crippen LogP contribution in [0.15, 0.2) is 66.7 Å². The molecule has 1 aliphatic heterocycles. The molecular formula is C23H16Cl2N2O5. The van der Waals surface area contributed by atoms with E-state index >= 15 is 0 Å². The molecule has 0 spiro atoms. The minimum Gasteiger partial charge on any atom is -0.375 e. The molecule has 1 atom stereocenters. The van der Waals surface area contributed by atoms with Crippen LogP contribution in [-0.4, -0.2) is 21.7 Å². The number of amides is 1. The summed E-state index contributed by atoms with van der Waals surface area (Å²) in [5.74, 6) is -1.32. The highest BCUT2D eigenvalue weighted by atomic mass is 35.5. The Hall–Kier alpha value is -3.26. The van der Waals surface area contributed by atoms with E-state index in [-0.39, 0.29) is 28.4 Å². The molecule has 0 saturated carbocycles. The first kappa shape index (κ1) is 22.0. The number of non-ortho nitro benzene ring substituents is 1. The highest BCUT2D eigenvalue weighted by Crippen LogP contribution is 2.45. The van der Waals surface area contributed by atoms with E-state index in [4.69, 9.17) is 23.2 Å². The van der Waals surface area contributed by atoms with E-state index in [2.05, 4.69) is 0 Å². The van der Waals surface area contributed by atoms with Gasteiger partial charge in [-0.1, -0.05) is 53.5 Å². The Balaban J connectivity index is 1.72. The summed E-state index contributed by atoms with van der Waals surface area (Å²) >= 11 is 12.4. The summed E-state index contributed by atoms with van der Waals surface area (Å²) in [6.45, 7) is 0.0838. The average Bonchev–Trinajstić information content (AvgIpc) is 2.96. The van der Waals surface area contributed by atoms with E-state index in [9.17, 15) is 24.8 Å². The minimum absolute atomic E-state index is 0.0218. The van der Waals surface area contributed by atoms with Gasteiger partial charge in [-0.25, -0.2) is 0 Å². The van der Waals surface area contributed by atoms with Gasteiger partial charge in [0.1, 0.15) is 0 Å². The van der Waals surface area contributed by atoms with Crippen molar-refractivity contribution >= 4 is 46.3 Å². The topological polar surface area (TPSA) is 101 Å². The summed E-state index contributed by atoms with van der Waals surface area (Å²) in [7, 11) is 0. The lowest BCUT2D eigenvalue weighted by molar-refractivity contribution is -0.384. The summed E-state index contributed by atoms with van der Waals surface area (Å²) in [6.07, 6.45) is -0.598. The Morgan fingerprint density at radius 2 is 1.81 bits per heavy atom. The van der Waals surface area contributed by atoms with E-state index in [1.54, 1.807) is 36.4 Å². The monoisotopic (exact) mass is 470 g/mol. The highest BCUT2D eigenvalue weighted by Gasteiger charge is 2.51. The zero-order valence-electron chi connectivity index (χ0n) is 16.5. The van der Waals surface area contributed by atoms with Crippen LogP contribution in [0.3, 0.4) is 0 Å². The molecule has 162 valence electrons. The van der Waals surface area contributed by atoms with Gasteiger partial charge in [0.15, 0.2) is 11.4 Å². The molecule has 0 bridgehead atoms. The molecule has 1 amide bonds. The molecule has 0 fully saturated rings. The average molecular weight is 471 g/mol. The standard InChI is InChI=1S/C23H16Cl2N2O5/c24-16-8-9-20-18(11-16)23(30,12-21(28)14-5-3-6-17(10-14)27(31)32)22(29)26(20)13-15-4-1-2-7-19(15)25/h1-11,30H,12-13H2/t23-/m0/s1. The molecule has 9 heteroatoms. The Morgan fingerprint density at radius 3 is 2.53 bits per heavy atom. The smallest absolute Gasteiger partial charge is 0.270 e. The second-order valence-electron chi connectivity index (χ2n) is 7.41. The third kappa shape index (κ3) is 3.86. The largest absolute Gasteiger partial charge is 0.375 e. The van der Waals surface area contributed by atoms with E-state index < -0.39 is 28.6 Å². The van der Waals surface area contributed by atoms with Crippen LogP contribution < -0.4 is 4.90 Å². The molecule has 0 unspecified atom stereocenters. The van der Waals surface area contributed by atoms with Crippen molar-refractivity contribution < 1.29 is 19.6 Å². The van der Waals surface area contributed by atoms with Crippen LogP contribution in [0.2, 0.25) is 10.0 Å². The van der Waals surface area contributed by atoms with Gasteiger partial charge in [0, 0.05) is 33.3 Å². The Bertz CT molecular complexity index is 1260. The summed E-state index contributed by atoms with van der Waals surface area (Å²) in [5.41, 5.74) is -1.14. The molecule has 1 heterocycles. The van der Waals surface area contributed by atoms with Crippen molar-refractivity contribution in [2.75, 3.05) is 4.90 Å². The summed E-state index contributed by atoms with van der Waals surface area (Å²) in [6, 6.07) is 16.8. The highest BCUT2D eigenvalue weighted by molar-refractivity contribution is 6.31. The zero-order valence-corrected chi connectivity index (χ0v) is 18.0. The second kappa shape index (κ2) is 8.35. The van der Waals surface area contributed by atoms with Crippen LogP contribution in [0.25, 0.3) is 0 Å². The number of rotatable bonds is 6. The van der Waals surface area contributed by atoms with Crippen LogP contribution in [0.4, 0.5) is 11.4 Å². The molecular weight excluding hydrogens is 455 g/mol. The van der Waals surface area contributed by atoms with Crippen molar-refractivity contribution in [2.24, 2.45) is 0 Å². The molecule has 7 nitrogen and oxygen atoms in total. The first-order valence-corrected chi connectivity index (χ1v) is 10.3. The molecule has 4 rings (SSSR count). The number of nitro groups is 1. The van der Waals surface area contributed by atoms with Crippen LogP contribution in [0.5, 0.6) is 0 Å². The van der Waals surface area contributed by atoms with Gasteiger partial charge in [0.2, 0.25) is 0 Å². The Kier molecular flexibility index (Phi) is 5.73. The number of halogens is 2. The molecule has 3 aromatic rings. The molecule has 0 saturated heterocycles. The van der Waals surface area contributed by atoms with Crippen molar-refractivity contribution in [3.05, 3.63) is 104 Å². The third-order valence-electron chi connectivity index (χ3n) is 5.38. The first-order valence-electron chi connectivity index (χ1n) is 9.56. The molecule has 32 heavy (non-hydrogen) atoms. The first-order chi connectivity index (χ1) is 15.2. The third-order valence-corrected chi connectivity index (χ3v) is 5.98. The number of benzene rings is 3. The molecule has 3 aromatic carbocycles.